The summed E-state index contributed by atoms with van der Waals surface area (Å²) in [5.41, 5.74) is 0.0111. The monoisotopic (exact) mass is 316 g/mol. The molecule has 0 aromatic heterocycles. The van der Waals surface area contributed by atoms with Gasteiger partial charge in [-0.2, -0.15) is 13.2 Å². The van der Waals surface area contributed by atoms with Crippen molar-refractivity contribution in [3.63, 3.8) is 0 Å². The second-order valence-corrected chi connectivity index (χ2v) is 5.69. The van der Waals surface area contributed by atoms with Gasteiger partial charge < -0.3 is 5.32 Å². The maximum atomic E-state index is 13.6. The Morgan fingerprint density at radius 2 is 1.95 bits per heavy atom. The molecule has 1 aromatic rings. The number of benzene rings is 1. The highest BCUT2D eigenvalue weighted by Gasteiger charge is 2.37. The number of nitrogens with one attached hydrogen (secondary N) is 1. The summed E-state index contributed by atoms with van der Waals surface area (Å²) in [7, 11) is 0. The molecule has 0 saturated carbocycles. The Bertz CT molecular complexity index is 533. The molecular formula is C16H20F4N2. The molecule has 0 bridgehead atoms. The fourth-order valence-electron chi connectivity index (χ4n) is 2.83. The van der Waals surface area contributed by atoms with Gasteiger partial charge in [-0.05, 0) is 37.1 Å². The second kappa shape index (κ2) is 6.79. The highest BCUT2D eigenvalue weighted by molar-refractivity contribution is 5.34. The third-order valence-electron chi connectivity index (χ3n) is 3.81. The molecule has 1 aromatic carbocycles. The third-order valence-corrected chi connectivity index (χ3v) is 3.81. The molecule has 0 spiro atoms. The predicted octanol–water partition coefficient (Wildman–Crippen LogP) is 3.76. The van der Waals surface area contributed by atoms with Gasteiger partial charge in [-0.15, -0.1) is 6.58 Å². The molecule has 0 aliphatic carbocycles. The fourth-order valence-corrected chi connectivity index (χ4v) is 2.83. The highest BCUT2D eigenvalue weighted by atomic mass is 19.4. The summed E-state index contributed by atoms with van der Waals surface area (Å²) in [6.45, 7) is 8.28. The molecule has 1 aliphatic heterocycles. The number of hydrogen-bond donors (Lipinski definition) is 1. The molecule has 0 amide bonds. The summed E-state index contributed by atoms with van der Waals surface area (Å²) in [4.78, 5) is 1.97. The van der Waals surface area contributed by atoms with Crippen molar-refractivity contribution in [2.24, 2.45) is 0 Å². The van der Waals surface area contributed by atoms with Gasteiger partial charge in [-0.3, -0.25) is 4.90 Å². The van der Waals surface area contributed by atoms with Gasteiger partial charge in [-0.1, -0.05) is 5.57 Å². The smallest absolute Gasteiger partial charge is 0.314 e. The summed E-state index contributed by atoms with van der Waals surface area (Å²) in [5.74, 6) is -0.648. The first-order valence-electron chi connectivity index (χ1n) is 7.25. The quantitative estimate of drug-likeness (QED) is 0.672. The minimum atomic E-state index is -4.50. The average Bonchev–Trinajstić information content (AvgIpc) is 2.44. The summed E-state index contributed by atoms with van der Waals surface area (Å²) >= 11 is 0. The maximum Gasteiger partial charge on any atom is 0.416 e. The van der Waals surface area contributed by atoms with Gasteiger partial charge in [0.05, 0.1) is 5.56 Å². The lowest BCUT2D eigenvalue weighted by Gasteiger charge is -2.36. The lowest BCUT2D eigenvalue weighted by molar-refractivity contribution is -0.138. The molecular weight excluding hydrogens is 296 g/mol. The third kappa shape index (κ3) is 4.08. The van der Waals surface area contributed by atoms with Gasteiger partial charge in [0.2, 0.25) is 0 Å². The van der Waals surface area contributed by atoms with E-state index in [0.29, 0.717) is 32.6 Å². The first-order valence-corrected chi connectivity index (χ1v) is 7.25. The number of piperazine rings is 1. The number of halogens is 4. The van der Waals surface area contributed by atoms with Crippen molar-refractivity contribution in [3.05, 3.63) is 47.3 Å². The van der Waals surface area contributed by atoms with Crippen molar-refractivity contribution in [1.29, 1.82) is 0 Å². The second-order valence-electron chi connectivity index (χ2n) is 5.69. The van der Waals surface area contributed by atoms with Crippen LogP contribution in [0.2, 0.25) is 0 Å². The normalized spacial score (nSPS) is 18.2. The van der Waals surface area contributed by atoms with Gasteiger partial charge in [0.15, 0.2) is 0 Å². The lowest BCUT2D eigenvalue weighted by atomic mass is 9.93. The van der Waals surface area contributed by atoms with Crippen LogP contribution >= 0.6 is 0 Å². The van der Waals surface area contributed by atoms with E-state index in [1.165, 1.54) is 0 Å². The van der Waals surface area contributed by atoms with Crippen LogP contribution < -0.4 is 5.32 Å². The zero-order valence-electron chi connectivity index (χ0n) is 12.5. The largest absolute Gasteiger partial charge is 0.416 e. The van der Waals surface area contributed by atoms with E-state index in [0.717, 1.165) is 23.8 Å². The molecule has 122 valence electrons. The van der Waals surface area contributed by atoms with Crippen molar-refractivity contribution in [2.45, 2.75) is 25.6 Å². The van der Waals surface area contributed by atoms with Crippen molar-refractivity contribution in [2.75, 3.05) is 26.2 Å². The number of rotatable bonds is 4. The Labute approximate surface area is 127 Å². The van der Waals surface area contributed by atoms with Gasteiger partial charge in [0, 0.05) is 32.2 Å². The van der Waals surface area contributed by atoms with Gasteiger partial charge in [0.25, 0.3) is 0 Å². The Balaban J connectivity index is 2.45. The molecule has 22 heavy (non-hydrogen) atoms. The molecule has 0 unspecified atom stereocenters. The van der Waals surface area contributed by atoms with Crippen LogP contribution in [-0.4, -0.2) is 31.1 Å². The van der Waals surface area contributed by atoms with Crippen molar-refractivity contribution in [1.82, 2.24) is 10.2 Å². The van der Waals surface area contributed by atoms with Crippen molar-refractivity contribution >= 4 is 0 Å². The number of alkyl halides is 3. The molecule has 1 heterocycles. The van der Waals surface area contributed by atoms with Crippen LogP contribution in [0.15, 0.2) is 30.4 Å². The van der Waals surface area contributed by atoms with Gasteiger partial charge in [-0.25, -0.2) is 4.39 Å². The molecule has 2 nitrogen and oxygen atoms in total. The minimum Gasteiger partial charge on any atom is -0.314 e. The molecule has 1 atom stereocenters. The standard InChI is InChI=1S/C16H20F4N2/c1-11(2)9-15(22-7-5-21-6-8-22)13-10-12(17)3-4-14(13)16(18,19)20/h3-4,10,15,21H,1,5-9H2,2H3/t15-/m0/s1. The predicted molar refractivity (Wildman–Crippen MR) is 78.0 cm³/mol. The van der Waals surface area contributed by atoms with Crippen molar-refractivity contribution in [3.8, 4) is 0 Å². The zero-order chi connectivity index (χ0) is 16.3. The molecule has 0 radical (unpaired) electrons. The van der Waals surface area contributed by atoms with E-state index in [4.69, 9.17) is 0 Å². The summed E-state index contributed by atoms with van der Waals surface area (Å²) in [6, 6.07) is 2.20. The molecule has 1 aliphatic rings. The van der Waals surface area contributed by atoms with E-state index in [1.54, 1.807) is 6.92 Å². The van der Waals surface area contributed by atoms with E-state index in [-0.39, 0.29) is 5.56 Å². The molecule has 2 rings (SSSR count). The lowest BCUT2D eigenvalue weighted by Crippen LogP contribution is -2.45. The van der Waals surface area contributed by atoms with Crippen LogP contribution in [-0.2, 0) is 6.18 Å². The Hall–Kier alpha value is -1.40. The highest BCUT2D eigenvalue weighted by Crippen LogP contribution is 2.38. The van der Waals surface area contributed by atoms with E-state index in [2.05, 4.69) is 11.9 Å². The van der Waals surface area contributed by atoms with Crippen LogP contribution in [0.5, 0.6) is 0 Å². The Kier molecular flexibility index (Phi) is 5.24. The topological polar surface area (TPSA) is 15.3 Å². The van der Waals surface area contributed by atoms with Crippen LogP contribution in [0, 0.1) is 5.82 Å². The SMILES string of the molecule is C=C(C)C[C@@H](c1cc(F)ccc1C(F)(F)F)N1CCNCC1. The van der Waals surface area contributed by atoms with Gasteiger partial charge in [0.1, 0.15) is 5.82 Å². The Morgan fingerprint density at radius 3 is 2.50 bits per heavy atom. The van der Waals surface area contributed by atoms with Crippen LogP contribution in [0.4, 0.5) is 17.6 Å². The first kappa shape index (κ1) is 17.0. The van der Waals surface area contributed by atoms with Gasteiger partial charge >= 0.3 is 6.18 Å². The van der Waals surface area contributed by atoms with E-state index in [1.807, 2.05) is 4.90 Å². The maximum absolute atomic E-state index is 13.6. The van der Waals surface area contributed by atoms with Crippen LogP contribution in [0.1, 0.15) is 30.5 Å². The Morgan fingerprint density at radius 1 is 1.32 bits per heavy atom. The molecule has 1 saturated heterocycles. The van der Waals surface area contributed by atoms with Crippen molar-refractivity contribution < 1.29 is 17.6 Å². The van der Waals surface area contributed by atoms with Crippen LogP contribution in [0.3, 0.4) is 0 Å². The molecule has 6 heteroatoms. The van der Waals surface area contributed by atoms with E-state index in [9.17, 15) is 17.6 Å². The summed E-state index contributed by atoms with van der Waals surface area (Å²) in [5, 5.41) is 3.17. The molecule has 1 N–H and O–H groups in total. The fraction of sp³-hybridized carbons (Fsp3) is 0.500. The average molecular weight is 316 g/mol. The number of hydrogen-bond acceptors (Lipinski definition) is 2. The van der Waals surface area contributed by atoms with E-state index >= 15 is 0 Å². The molecule has 1 fully saturated rings. The summed E-state index contributed by atoms with van der Waals surface area (Å²) in [6.07, 6.45) is -4.11. The summed E-state index contributed by atoms with van der Waals surface area (Å²) < 4.78 is 53.4. The minimum absolute atomic E-state index is 0.00241. The van der Waals surface area contributed by atoms with E-state index < -0.39 is 23.6 Å². The first-order chi connectivity index (χ1) is 10.3. The van der Waals surface area contributed by atoms with Crippen LogP contribution in [0.25, 0.3) is 0 Å². The number of nitrogens with zero attached hydrogens (tertiary/aromatic N) is 1. The zero-order valence-corrected chi connectivity index (χ0v) is 12.5.